The lowest BCUT2D eigenvalue weighted by Gasteiger charge is -2.44. The fourth-order valence-electron chi connectivity index (χ4n) is 2.88. The number of nitrogens with two attached hydrogens (primary N) is 1. The van der Waals surface area contributed by atoms with Gasteiger partial charge < -0.3 is 15.2 Å². The van der Waals surface area contributed by atoms with Crippen LogP contribution in [0.4, 0.5) is 0 Å². The van der Waals surface area contributed by atoms with Crippen molar-refractivity contribution in [3.63, 3.8) is 0 Å². The second-order valence-electron chi connectivity index (χ2n) is 5.82. The highest BCUT2D eigenvalue weighted by Crippen LogP contribution is 2.27. The Hall–Kier alpha value is -1.10. The summed E-state index contributed by atoms with van der Waals surface area (Å²) in [5, 5.41) is 0. The number of rotatable bonds is 5. The van der Waals surface area contributed by atoms with Gasteiger partial charge in [0.05, 0.1) is 19.8 Å². The molecule has 2 unspecified atom stereocenters. The first kappa shape index (κ1) is 15.3. The van der Waals surface area contributed by atoms with Crippen LogP contribution in [0.3, 0.4) is 0 Å². The lowest BCUT2D eigenvalue weighted by molar-refractivity contribution is -0.0561. The Morgan fingerprint density at radius 3 is 2.85 bits per heavy atom. The van der Waals surface area contributed by atoms with E-state index in [4.69, 9.17) is 15.2 Å². The standard InChI is InChI=1S/C16H26N2O2/c1-13-11-18(8-9-20-13)16(2,12-17)10-14-6-4-5-7-15(14)19-3/h4-7,13H,8-12,17H2,1-3H3. The first-order chi connectivity index (χ1) is 9.59. The van der Waals surface area contributed by atoms with Crippen molar-refractivity contribution in [1.82, 2.24) is 4.90 Å². The molecule has 0 aliphatic carbocycles. The summed E-state index contributed by atoms with van der Waals surface area (Å²) >= 11 is 0. The lowest BCUT2D eigenvalue weighted by Crippen LogP contribution is -2.58. The molecule has 4 heteroatoms. The number of ether oxygens (including phenoxy) is 2. The van der Waals surface area contributed by atoms with Crippen LogP contribution in [-0.4, -0.2) is 49.9 Å². The average Bonchev–Trinajstić information content (AvgIpc) is 2.47. The Morgan fingerprint density at radius 2 is 2.20 bits per heavy atom. The van der Waals surface area contributed by atoms with E-state index in [1.807, 2.05) is 12.1 Å². The summed E-state index contributed by atoms with van der Waals surface area (Å²) in [7, 11) is 1.72. The van der Waals surface area contributed by atoms with Gasteiger partial charge >= 0.3 is 0 Å². The minimum absolute atomic E-state index is 0.0628. The fourth-order valence-corrected chi connectivity index (χ4v) is 2.88. The van der Waals surface area contributed by atoms with Gasteiger partial charge in [-0.05, 0) is 31.9 Å². The minimum atomic E-state index is -0.0628. The van der Waals surface area contributed by atoms with Crippen molar-refractivity contribution in [3.05, 3.63) is 29.8 Å². The number of morpholine rings is 1. The number of nitrogens with zero attached hydrogens (tertiary/aromatic N) is 1. The highest BCUT2D eigenvalue weighted by Gasteiger charge is 2.34. The Balaban J connectivity index is 2.18. The summed E-state index contributed by atoms with van der Waals surface area (Å²) in [6.07, 6.45) is 1.16. The van der Waals surface area contributed by atoms with Crippen molar-refractivity contribution in [2.24, 2.45) is 5.73 Å². The van der Waals surface area contributed by atoms with Crippen LogP contribution in [0, 0.1) is 0 Å². The quantitative estimate of drug-likeness (QED) is 0.890. The highest BCUT2D eigenvalue weighted by atomic mass is 16.5. The van der Waals surface area contributed by atoms with E-state index in [0.29, 0.717) is 6.54 Å². The number of methoxy groups -OCH3 is 1. The summed E-state index contributed by atoms with van der Waals surface area (Å²) in [5.41, 5.74) is 7.25. The van der Waals surface area contributed by atoms with Gasteiger partial charge in [-0.1, -0.05) is 18.2 Å². The molecule has 0 bridgehead atoms. The molecule has 1 aliphatic rings. The number of hydrogen-bond acceptors (Lipinski definition) is 4. The monoisotopic (exact) mass is 278 g/mol. The van der Waals surface area contributed by atoms with Gasteiger partial charge in [0.15, 0.2) is 0 Å². The summed E-state index contributed by atoms with van der Waals surface area (Å²) < 4.78 is 11.1. The first-order valence-corrected chi connectivity index (χ1v) is 7.27. The molecule has 1 heterocycles. The van der Waals surface area contributed by atoms with E-state index in [2.05, 4.69) is 30.9 Å². The Morgan fingerprint density at radius 1 is 1.45 bits per heavy atom. The van der Waals surface area contributed by atoms with Crippen LogP contribution in [0.15, 0.2) is 24.3 Å². The van der Waals surface area contributed by atoms with Crippen LogP contribution >= 0.6 is 0 Å². The fraction of sp³-hybridized carbons (Fsp3) is 0.625. The number of hydrogen-bond donors (Lipinski definition) is 1. The molecule has 0 saturated carbocycles. The van der Waals surface area contributed by atoms with E-state index in [9.17, 15) is 0 Å². The van der Waals surface area contributed by atoms with Crippen molar-refractivity contribution in [2.45, 2.75) is 31.9 Å². The van der Waals surface area contributed by atoms with Crippen molar-refractivity contribution in [1.29, 1.82) is 0 Å². The molecule has 1 fully saturated rings. The smallest absolute Gasteiger partial charge is 0.122 e. The molecular weight excluding hydrogens is 252 g/mol. The van der Waals surface area contributed by atoms with Gasteiger partial charge in [0.1, 0.15) is 5.75 Å². The Labute approximate surface area is 121 Å². The molecule has 20 heavy (non-hydrogen) atoms. The molecule has 1 aromatic carbocycles. The van der Waals surface area contributed by atoms with Crippen LogP contribution in [0.1, 0.15) is 19.4 Å². The van der Waals surface area contributed by atoms with E-state index >= 15 is 0 Å². The van der Waals surface area contributed by atoms with Gasteiger partial charge in [0, 0.05) is 25.2 Å². The van der Waals surface area contributed by atoms with E-state index in [1.54, 1.807) is 7.11 Å². The Bertz CT molecular complexity index is 438. The molecule has 4 nitrogen and oxygen atoms in total. The van der Waals surface area contributed by atoms with Crippen molar-refractivity contribution in [3.8, 4) is 5.75 Å². The first-order valence-electron chi connectivity index (χ1n) is 7.27. The van der Waals surface area contributed by atoms with Crippen LogP contribution < -0.4 is 10.5 Å². The lowest BCUT2D eigenvalue weighted by atomic mass is 9.89. The maximum Gasteiger partial charge on any atom is 0.122 e. The zero-order chi connectivity index (χ0) is 14.6. The molecule has 0 spiro atoms. The van der Waals surface area contributed by atoms with Gasteiger partial charge in [0.25, 0.3) is 0 Å². The van der Waals surface area contributed by atoms with E-state index in [1.165, 1.54) is 5.56 Å². The van der Waals surface area contributed by atoms with Crippen molar-refractivity contribution in [2.75, 3.05) is 33.4 Å². The molecule has 0 radical (unpaired) electrons. The maximum atomic E-state index is 6.10. The molecular formula is C16H26N2O2. The average molecular weight is 278 g/mol. The molecule has 0 aromatic heterocycles. The third-order valence-electron chi connectivity index (χ3n) is 4.21. The zero-order valence-electron chi connectivity index (χ0n) is 12.8. The number of para-hydroxylation sites is 1. The predicted molar refractivity (Wildman–Crippen MR) is 81.1 cm³/mol. The van der Waals surface area contributed by atoms with Crippen LogP contribution in [-0.2, 0) is 11.2 Å². The van der Waals surface area contributed by atoms with E-state index < -0.39 is 0 Å². The second kappa shape index (κ2) is 6.57. The Kier molecular flexibility index (Phi) is 5.02. The molecule has 1 saturated heterocycles. The van der Waals surface area contributed by atoms with Gasteiger partial charge in [0.2, 0.25) is 0 Å². The van der Waals surface area contributed by atoms with Crippen molar-refractivity contribution >= 4 is 0 Å². The normalized spacial score (nSPS) is 23.3. The molecule has 1 aromatic rings. The number of benzene rings is 1. The zero-order valence-corrected chi connectivity index (χ0v) is 12.8. The van der Waals surface area contributed by atoms with E-state index in [0.717, 1.165) is 31.9 Å². The third kappa shape index (κ3) is 3.32. The van der Waals surface area contributed by atoms with Crippen molar-refractivity contribution < 1.29 is 9.47 Å². The van der Waals surface area contributed by atoms with Gasteiger partial charge in [-0.2, -0.15) is 0 Å². The van der Waals surface area contributed by atoms with Crippen LogP contribution in [0.5, 0.6) is 5.75 Å². The molecule has 112 valence electrons. The topological polar surface area (TPSA) is 47.7 Å². The summed E-state index contributed by atoms with van der Waals surface area (Å²) in [4.78, 5) is 2.45. The third-order valence-corrected chi connectivity index (χ3v) is 4.21. The van der Waals surface area contributed by atoms with Gasteiger partial charge in [-0.25, -0.2) is 0 Å². The van der Waals surface area contributed by atoms with Crippen LogP contribution in [0.2, 0.25) is 0 Å². The van der Waals surface area contributed by atoms with Gasteiger partial charge in [-0.3, -0.25) is 4.90 Å². The predicted octanol–water partition coefficient (Wildman–Crippen LogP) is 1.68. The molecule has 1 aliphatic heterocycles. The summed E-state index contributed by atoms with van der Waals surface area (Å²) in [6.45, 7) is 7.63. The minimum Gasteiger partial charge on any atom is -0.496 e. The summed E-state index contributed by atoms with van der Waals surface area (Å²) in [5.74, 6) is 0.938. The molecule has 0 amide bonds. The van der Waals surface area contributed by atoms with Gasteiger partial charge in [-0.15, -0.1) is 0 Å². The van der Waals surface area contributed by atoms with Crippen LogP contribution in [0.25, 0.3) is 0 Å². The second-order valence-corrected chi connectivity index (χ2v) is 5.82. The highest BCUT2D eigenvalue weighted by molar-refractivity contribution is 5.34. The maximum absolute atomic E-state index is 6.10. The molecule has 2 rings (SSSR count). The molecule has 2 N–H and O–H groups in total. The SMILES string of the molecule is COc1ccccc1CC(C)(CN)N1CCOC(C)C1. The summed E-state index contributed by atoms with van der Waals surface area (Å²) in [6, 6.07) is 8.18. The largest absolute Gasteiger partial charge is 0.496 e. The molecule has 2 atom stereocenters. The van der Waals surface area contributed by atoms with E-state index in [-0.39, 0.29) is 11.6 Å².